The predicted octanol–water partition coefficient (Wildman–Crippen LogP) is -1.80. The molecule has 5 rings (SSSR count). The van der Waals surface area contributed by atoms with Crippen molar-refractivity contribution in [2.75, 3.05) is 13.2 Å². The number of aliphatic hydroxyl groups excluding tert-OH is 7. The summed E-state index contributed by atoms with van der Waals surface area (Å²) >= 11 is 0. The quantitative estimate of drug-likeness (QED) is 0.166. The number of aromatic hydroxyl groups is 2. The molecule has 14 nitrogen and oxygen atoms in total. The molecule has 0 aliphatic carbocycles. The third-order valence-corrected chi connectivity index (χ3v) is 7.04. The van der Waals surface area contributed by atoms with Crippen LogP contribution in [0.15, 0.2) is 45.6 Å². The van der Waals surface area contributed by atoms with Gasteiger partial charge in [0.25, 0.3) is 0 Å². The fourth-order valence-electron chi connectivity index (χ4n) is 4.78. The lowest BCUT2D eigenvalue weighted by atomic mass is 9.92. The molecule has 0 spiro atoms. The second-order valence-electron chi connectivity index (χ2n) is 9.65. The molecule has 2 aliphatic heterocycles. The van der Waals surface area contributed by atoms with Crippen molar-refractivity contribution in [2.45, 2.75) is 55.1 Å². The van der Waals surface area contributed by atoms with Crippen LogP contribution in [0.5, 0.6) is 17.2 Å². The first-order valence-corrected chi connectivity index (χ1v) is 12.3. The van der Waals surface area contributed by atoms with E-state index in [0.717, 1.165) is 12.1 Å². The number of hydrogen-bond acceptors (Lipinski definition) is 14. The Morgan fingerprint density at radius 3 is 2.25 bits per heavy atom. The van der Waals surface area contributed by atoms with Gasteiger partial charge in [0.15, 0.2) is 5.43 Å². The predicted molar refractivity (Wildman–Crippen MR) is 132 cm³/mol. The summed E-state index contributed by atoms with van der Waals surface area (Å²) < 4.78 is 21.9. The topological polar surface area (TPSA) is 240 Å². The van der Waals surface area contributed by atoms with Gasteiger partial charge >= 0.3 is 0 Å². The third-order valence-electron chi connectivity index (χ3n) is 7.04. The molecule has 9 N–H and O–H groups in total. The van der Waals surface area contributed by atoms with Crippen molar-refractivity contribution in [3.05, 3.63) is 52.2 Å². The Kier molecular flexibility index (Phi) is 7.71. The molecule has 14 heteroatoms. The standard InChI is InChI=1S/C26H28O14/c27-7-16-20(32)22(34)24(36)26(40-16)38-10-3-1-9(2-4-10)14-5-11(28)17-15(39-14)6-12(29)18(21(17)33)25-23(35)19(31)13(30)8-37-25/h1-6,13,16,19-20,22-27,29-36H,7-8H2. The van der Waals surface area contributed by atoms with E-state index in [0.29, 0.717) is 5.56 Å². The molecule has 9 unspecified atom stereocenters. The molecule has 3 aromatic rings. The lowest BCUT2D eigenvalue weighted by Gasteiger charge is -2.39. The van der Waals surface area contributed by atoms with E-state index in [1.807, 2.05) is 0 Å². The highest BCUT2D eigenvalue weighted by Crippen LogP contribution is 2.43. The summed E-state index contributed by atoms with van der Waals surface area (Å²) in [5, 5.41) is 90.4. The third kappa shape index (κ3) is 4.89. The monoisotopic (exact) mass is 564 g/mol. The molecule has 3 heterocycles. The van der Waals surface area contributed by atoms with Gasteiger partial charge in [0.2, 0.25) is 6.29 Å². The summed E-state index contributed by atoms with van der Waals surface area (Å²) in [6.45, 7) is -1.000. The largest absolute Gasteiger partial charge is 0.507 e. The number of aliphatic hydroxyl groups is 7. The minimum atomic E-state index is -1.70. The summed E-state index contributed by atoms with van der Waals surface area (Å²) in [5.74, 6) is -1.07. The molecule has 0 saturated carbocycles. The van der Waals surface area contributed by atoms with Crippen LogP contribution in [-0.2, 0) is 9.47 Å². The van der Waals surface area contributed by atoms with E-state index in [4.69, 9.17) is 18.6 Å². The van der Waals surface area contributed by atoms with Gasteiger partial charge in [-0.25, -0.2) is 0 Å². The van der Waals surface area contributed by atoms with Gasteiger partial charge in [-0.2, -0.15) is 0 Å². The molecule has 2 aromatic carbocycles. The Morgan fingerprint density at radius 1 is 0.875 bits per heavy atom. The summed E-state index contributed by atoms with van der Waals surface area (Å²) in [5.41, 5.74) is -0.844. The van der Waals surface area contributed by atoms with E-state index in [9.17, 15) is 50.8 Å². The number of ether oxygens (including phenoxy) is 3. The Bertz CT molecular complexity index is 1420. The van der Waals surface area contributed by atoms with Crippen molar-refractivity contribution in [3.8, 4) is 28.6 Å². The van der Waals surface area contributed by atoms with E-state index in [2.05, 4.69) is 0 Å². The summed E-state index contributed by atoms with van der Waals surface area (Å²) in [4.78, 5) is 13.0. The Hall–Kier alpha value is -3.31. The number of phenols is 2. The first kappa shape index (κ1) is 28.2. The molecule has 40 heavy (non-hydrogen) atoms. The Balaban J connectivity index is 1.41. The fraction of sp³-hybridized carbons (Fsp3) is 0.423. The molecule has 9 atom stereocenters. The van der Waals surface area contributed by atoms with Crippen molar-refractivity contribution in [1.29, 1.82) is 0 Å². The molecule has 1 aromatic heterocycles. The second-order valence-corrected chi connectivity index (χ2v) is 9.65. The molecule has 2 saturated heterocycles. The number of hydrogen-bond donors (Lipinski definition) is 9. The average molecular weight is 564 g/mol. The molecule has 0 amide bonds. The van der Waals surface area contributed by atoms with E-state index < -0.39 is 78.7 Å². The highest BCUT2D eigenvalue weighted by Gasteiger charge is 2.45. The van der Waals surface area contributed by atoms with Gasteiger partial charge in [0.1, 0.15) is 82.8 Å². The summed E-state index contributed by atoms with van der Waals surface area (Å²) in [7, 11) is 0. The number of benzene rings is 2. The van der Waals surface area contributed by atoms with Gasteiger partial charge in [0, 0.05) is 17.7 Å². The van der Waals surface area contributed by atoms with Gasteiger partial charge in [-0.1, -0.05) is 0 Å². The van der Waals surface area contributed by atoms with Crippen LogP contribution in [0.3, 0.4) is 0 Å². The molecule has 2 aliphatic rings. The van der Waals surface area contributed by atoms with Crippen molar-refractivity contribution in [2.24, 2.45) is 0 Å². The fourth-order valence-corrected chi connectivity index (χ4v) is 4.78. The zero-order valence-electron chi connectivity index (χ0n) is 20.6. The van der Waals surface area contributed by atoms with Gasteiger partial charge in [0.05, 0.1) is 18.8 Å². The van der Waals surface area contributed by atoms with Crippen LogP contribution in [0.4, 0.5) is 0 Å². The normalized spacial score (nSPS) is 32.7. The minimum Gasteiger partial charge on any atom is -0.507 e. The van der Waals surface area contributed by atoms with Crippen LogP contribution in [-0.4, -0.2) is 108 Å². The van der Waals surface area contributed by atoms with Crippen molar-refractivity contribution < 1.29 is 64.6 Å². The maximum atomic E-state index is 13.0. The highest BCUT2D eigenvalue weighted by atomic mass is 16.7. The van der Waals surface area contributed by atoms with Crippen LogP contribution < -0.4 is 10.2 Å². The Labute approximate surface area is 225 Å². The van der Waals surface area contributed by atoms with E-state index in [-0.39, 0.29) is 34.6 Å². The number of phenolic OH excluding ortho intramolecular Hbond substituents is 2. The van der Waals surface area contributed by atoms with Crippen LogP contribution in [0, 0.1) is 0 Å². The van der Waals surface area contributed by atoms with Gasteiger partial charge in [-0.05, 0) is 24.3 Å². The molecule has 2 fully saturated rings. The van der Waals surface area contributed by atoms with Crippen LogP contribution in [0.25, 0.3) is 22.3 Å². The lowest BCUT2D eigenvalue weighted by molar-refractivity contribution is -0.277. The van der Waals surface area contributed by atoms with Crippen molar-refractivity contribution >= 4 is 11.0 Å². The van der Waals surface area contributed by atoms with Crippen LogP contribution in [0.2, 0.25) is 0 Å². The lowest BCUT2D eigenvalue weighted by Crippen LogP contribution is -2.60. The first-order valence-electron chi connectivity index (χ1n) is 12.3. The maximum Gasteiger partial charge on any atom is 0.229 e. The minimum absolute atomic E-state index is 0.0518. The van der Waals surface area contributed by atoms with Gasteiger partial charge in [-0.15, -0.1) is 0 Å². The average Bonchev–Trinajstić information content (AvgIpc) is 2.93. The summed E-state index contributed by atoms with van der Waals surface area (Å²) in [6.07, 6.45) is -13.4. The smallest absolute Gasteiger partial charge is 0.229 e. The van der Waals surface area contributed by atoms with Crippen LogP contribution >= 0.6 is 0 Å². The number of fused-ring (bicyclic) bond motifs is 1. The summed E-state index contributed by atoms with van der Waals surface area (Å²) in [6, 6.07) is 8.03. The number of rotatable bonds is 5. The molecular weight excluding hydrogens is 536 g/mol. The molecule has 0 radical (unpaired) electrons. The second kappa shape index (κ2) is 10.9. The highest BCUT2D eigenvalue weighted by molar-refractivity contribution is 5.88. The first-order chi connectivity index (χ1) is 19.0. The zero-order chi connectivity index (χ0) is 28.9. The van der Waals surface area contributed by atoms with Crippen LogP contribution in [0.1, 0.15) is 11.7 Å². The van der Waals surface area contributed by atoms with Crippen molar-refractivity contribution in [3.63, 3.8) is 0 Å². The molecular formula is C26H28O14. The van der Waals surface area contributed by atoms with Gasteiger partial charge < -0.3 is 64.6 Å². The van der Waals surface area contributed by atoms with E-state index in [1.54, 1.807) is 0 Å². The van der Waals surface area contributed by atoms with Crippen molar-refractivity contribution in [1.82, 2.24) is 0 Å². The SMILES string of the molecule is O=c1cc(-c2ccc(OC3OC(CO)C(O)C(O)C3O)cc2)oc2cc(O)c(C3OCC(O)C(O)C3O)c(O)c12. The molecule has 216 valence electrons. The maximum absolute atomic E-state index is 13.0. The zero-order valence-corrected chi connectivity index (χ0v) is 20.6. The van der Waals surface area contributed by atoms with E-state index in [1.165, 1.54) is 24.3 Å². The van der Waals surface area contributed by atoms with Gasteiger partial charge in [-0.3, -0.25) is 4.79 Å². The Morgan fingerprint density at radius 2 is 1.57 bits per heavy atom. The molecule has 0 bridgehead atoms. The van der Waals surface area contributed by atoms with E-state index >= 15 is 0 Å².